The summed E-state index contributed by atoms with van der Waals surface area (Å²) in [5, 5.41) is 0. The van der Waals surface area contributed by atoms with Crippen molar-refractivity contribution in [1.82, 2.24) is 4.90 Å². The van der Waals surface area contributed by atoms with E-state index in [4.69, 9.17) is 0 Å². The van der Waals surface area contributed by atoms with Crippen molar-refractivity contribution in [1.29, 1.82) is 0 Å². The molecule has 0 bridgehead atoms. The highest BCUT2D eigenvalue weighted by Crippen LogP contribution is 2.29. The SMILES string of the molecule is CN1CCC[C@H]1c1c[c]ccc1. The van der Waals surface area contributed by atoms with Crippen LogP contribution in [0.3, 0.4) is 0 Å². The van der Waals surface area contributed by atoms with E-state index in [0.29, 0.717) is 6.04 Å². The Bertz CT molecular complexity index is 242. The van der Waals surface area contributed by atoms with Gasteiger partial charge in [-0.25, -0.2) is 0 Å². The van der Waals surface area contributed by atoms with Gasteiger partial charge in [0.2, 0.25) is 0 Å². The molecule has 12 heavy (non-hydrogen) atoms. The van der Waals surface area contributed by atoms with E-state index in [-0.39, 0.29) is 0 Å². The minimum atomic E-state index is 0.641. The van der Waals surface area contributed by atoms with Gasteiger partial charge in [0, 0.05) is 6.04 Å². The molecule has 1 saturated heterocycles. The molecule has 63 valence electrons. The molecular formula is C11H14N. The van der Waals surface area contributed by atoms with Gasteiger partial charge in [-0.15, -0.1) is 0 Å². The minimum Gasteiger partial charge on any atom is -0.299 e. The van der Waals surface area contributed by atoms with Crippen LogP contribution in [0, 0.1) is 6.07 Å². The Hall–Kier alpha value is -0.820. The zero-order valence-corrected chi connectivity index (χ0v) is 7.46. The summed E-state index contributed by atoms with van der Waals surface area (Å²) in [6, 6.07) is 12.1. The van der Waals surface area contributed by atoms with Crippen LogP contribution in [0.5, 0.6) is 0 Å². The second-order valence-electron chi connectivity index (χ2n) is 3.48. The summed E-state index contributed by atoms with van der Waals surface area (Å²) in [5.74, 6) is 0. The highest BCUT2D eigenvalue weighted by atomic mass is 15.1. The molecule has 0 aromatic heterocycles. The fourth-order valence-corrected chi connectivity index (χ4v) is 1.95. The molecule has 2 rings (SSSR count). The molecule has 0 amide bonds. The second-order valence-corrected chi connectivity index (χ2v) is 3.48. The zero-order valence-electron chi connectivity index (χ0n) is 7.46. The van der Waals surface area contributed by atoms with Crippen LogP contribution < -0.4 is 0 Å². The van der Waals surface area contributed by atoms with Gasteiger partial charge in [-0.2, -0.15) is 0 Å². The first-order valence-corrected chi connectivity index (χ1v) is 4.54. The molecule has 1 radical (unpaired) electrons. The molecule has 0 saturated carbocycles. The third kappa shape index (κ3) is 1.37. The fraction of sp³-hybridized carbons (Fsp3) is 0.455. The van der Waals surface area contributed by atoms with Crippen molar-refractivity contribution in [2.24, 2.45) is 0 Å². The summed E-state index contributed by atoms with van der Waals surface area (Å²) in [6.45, 7) is 1.24. The first-order chi connectivity index (χ1) is 5.88. The molecule has 0 unspecified atom stereocenters. The van der Waals surface area contributed by atoms with E-state index in [1.807, 2.05) is 6.07 Å². The first-order valence-electron chi connectivity index (χ1n) is 4.54. The molecule has 1 atom stereocenters. The summed E-state index contributed by atoms with van der Waals surface area (Å²) in [7, 11) is 2.20. The molecule has 1 aliphatic rings. The summed E-state index contributed by atoms with van der Waals surface area (Å²) >= 11 is 0. The van der Waals surface area contributed by atoms with E-state index in [1.54, 1.807) is 0 Å². The van der Waals surface area contributed by atoms with Gasteiger partial charge in [-0.3, -0.25) is 4.90 Å². The average Bonchev–Trinajstić information content (AvgIpc) is 2.53. The normalized spacial score (nSPS) is 24.6. The van der Waals surface area contributed by atoms with E-state index in [2.05, 4.69) is 36.2 Å². The number of benzene rings is 1. The fourth-order valence-electron chi connectivity index (χ4n) is 1.95. The van der Waals surface area contributed by atoms with E-state index in [1.165, 1.54) is 24.9 Å². The Labute approximate surface area is 74.0 Å². The van der Waals surface area contributed by atoms with Crippen LogP contribution in [0.2, 0.25) is 0 Å². The summed E-state index contributed by atoms with van der Waals surface area (Å²) in [6.07, 6.45) is 2.63. The lowest BCUT2D eigenvalue weighted by molar-refractivity contribution is 0.317. The van der Waals surface area contributed by atoms with E-state index in [9.17, 15) is 0 Å². The number of hydrogen-bond acceptors (Lipinski definition) is 1. The monoisotopic (exact) mass is 160 g/mol. The Balaban J connectivity index is 2.19. The Morgan fingerprint density at radius 2 is 2.50 bits per heavy atom. The van der Waals surface area contributed by atoms with Gasteiger partial charge in [0.1, 0.15) is 0 Å². The lowest BCUT2D eigenvalue weighted by Crippen LogP contribution is -2.17. The third-order valence-corrected chi connectivity index (χ3v) is 2.64. The molecule has 0 N–H and O–H groups in total. The van der Waals surface area contributed by atoms with E-state index >= 15 is 0 Å². The van der Waals surface area contributed by atoms with Crippen molar-refractivity contribution in [3.63, 3.8) is 0 Å². The third-order valence-electron chi connectivity index (χ3n) is 2.64. The van der Waals surface area contributed by atoms with Gasteiger partial charge >= 0.3 is 0 Å². The summed E-state index contributed by atoms with van der Waals surface area (Å²) < 4.78 is 0. The average molecular weight is 160 g/mol. The molecule has 1 fully saturated rings. The van der Waals surface area contributed by atoms with Crippen molar-refractivity contribution in [2.75, 3.05) is 13.6 Å². The van der Waals surface area contributed by atoms with Crippen LogP contribution in [-0.4, -0.2) is 18.5 Å². The van der Waals surface area contributed by atoms with Crippen LogP contribution in [0.4, 0.5) is 0 Å². The molecule has 1 heteroatoms. The van der Waals surface area contributed by atoms with Gasteiger partial charge in [-0.05, 0) is 44.1 Å². The standard InChI is InChI=1S/C11H14N/c1-12-9-5-8-11(12)10-6-3-2-4-7-10/h2-3,6-7,11H,5,8-9H2,1H3/t11-/m0/s1. The lowest BCUT2D eigenvalue weighted by atomic mass is 10.1. The summed E-state index contributed by atoms with van der Waals surface area (Å²) in [4.78, 5) is 2.42. The highest BCUT2D eigenvalue weighted by Gasteiger charge is 2.21. The van der Waals surface area contributed by atoms with Crippen LogP contribution in [0.15, 0.2) is 24.3 Å². The highest BCUT2D eigenvalue weighted by molar-refractivity contribution is 5.18. The molecule has 1 aromatic rings. The Morgan fingerprint density at radius 3 is 3.08 bits per heavy atom. The largest absolute Gasteiger partial charge is 0.299 e. The van der Waals surface area contributed by atoms with Gasteiger partial charge in [0.25, 0.3) is 0 Å². The minimum absolute atomic E-state index is 0.641. The number of likely N-dealkylation sites (tertiary alicyclic amines) is 1. The van der Waals surface area contributed by atoms with E-state index < -0.39 is 0 Å². The van der Waals surface area contributed by atoms with Crippen molar-refractivity contribution >= 4 is 0 Å². The molecular weight excluding hydrogens is 146 g/mol. The summed E-state index contributed by atoms with van der Waals surface area (Å²) in [5.41, 5.74) is 1.41. The van der Waals surface area contributed by atoms with Gasteiger partial charge in [-0.1, -0.05) is 18.2 Å². The smallest absolute Gasteiger partial charge is 0.0345 e. The number of hydrogen-bond donors (Lipinski definition) is 0. The molecule has 1 heterocycles. The van der Waals surface area contributed by atoms with Gasteiger partial charge < -0.3 is 0 Å². The molecule has 0 spiro atoms. The maximum atomic E-state index is 3.13. The van der Waals surface area contributed by atoms with Crippen LogP contribution in [0.25, 0.3) is 0 Å². The van der Waals surface area contributed by atoms with Crippen LogP contribution >= 0.6 is 0 Å². The van der Waals surface area contributed by atoms with E-state index in [0.717, 1.165) is 0 Å². The van der Waals surface area contributed by atoms with Gasteiger partial charge in [0.05, 0.1) is 0 Å². The van der Waals surface area contributed by atoms with Crippen molar-refractivity contribution in [3.05, 3.63) is 35.9 Å². The maximum absolute atomic E-state index is 3.13. The molecule has 0 aliphatic carbocycles. The predicted molar refractivity (Wildman–Crippen MR) is 49.9 cm³/mol. The Morgan fingerprint density at radius 1 is 1.58 bits per heavy atom. The van der Waals surface area contributed by atoms with Crippen molar-refractivity contribution in [3.8, 4) is 0 Å². The lowest BCUT2D eigenvalue weighted by Gasteiger charge is -2.19. The van der Waals surface area contributed by atoms with Crippen molar-refractivity contribution < 1.29 is 0 Å². The maximum Gasteiger partial charge on any atom is 0.0345 e. The second kappa shape index (κ2) is 3.28. The zero-order chi connectivity index (χ0) is 8.39. The number of nitrogens with zero attached hydrogens (tertiary/aromatic N) is 1. The van der Waals surface area contributed by atoms with Gasteiger partial charge in [0.15, 0.2) is 0 Å². The number of rotatable bonds is 1. The topological polar surface area (TPSA) is 3.24 Å². The van der Waals surface area contributed by atoms with Crippen molar-refractivity contribution in [2.45, 2.75) is 18.9 Å². The molecule has 1 aliphatic heterocycles. The van der Waals surface area contributed by atoms with Crippen LogP contribution in [0.1, 0.15) is 24.4 Å². The Kier molecular flexibility index (Phi) is 2.13. The predicted octanol–water partition coefficient (Wildman–Crippen LogP) is 2.25. The quantitative estimate of drug-likeness (QED) is 0.609. The first kappa shape index (κ1) is 7.81. The van der Waals surface area contributed by atoms with Crippen LogP contribution in [-0.2, 0) is 0 Å². The molecule has 1 aromatic carbocycles. The molecule has 1 nitrogen and oxygen atoms in total.